The van der Waals surface area contributed by atoms with E-state index in [0.29, 0.717) is 49.5 Å². The number of guanidine groups is 1. The van der Waals surface area contributed by atoms with Crippen LogP contribution in [-0.2, 0) is 16.0 Å². The first-order valence-electron chi connectivity index (χ1n) is 8.35. The van der Waals surface area contributed by atoms with E-state index in [0.717, 1.165) is 24.6 Å². The molecule has 1 atom stereocenters. The number of hydrogen-bond donors (Lipinski definition) is 1. The Kier molecular flexibility index (Phi) is 8.52. The summed E-state index contributed by atoms with van der Waals surface area (Å²) in [5.41, 5.74) is 1.01. The Morgan fingerprint density at radius 1 is 1.35 bits per heavy atom. The number of ether oxygens (including phenoxy) is 4. The zero-order valence-electron chi connectivity index (χ0n) is 15.0. The molecule has 26 heavy (non-hydrogen) atoms. The first kappa shape index (κ1) is 21.3. The Bertz CT molecular complexity index is 630. The first-order valence-corrected chi connectivity index (χ1v) is 8.73. The van der Waals surface area contributed by atoms with Crippen molar-refractivity contribution in [3.63, 3.8) is 0 Å². The van der Waals surface area contributed by atoms with Crippen LogP contribution in [0.25, 0.3) is 0 Å². The Morgan fingerprint density at radius 3 is 2.92 bits per heavy atom. The smallest absolute Gasteiger partial charge is 0.194 e. The number of rotatable bonds is 4. The fourth-order valence-corrected chi connectivity index (χ4v) is 3.27. The minimum Gasteiger partial charge on any atom is -0.486 e. The molecule has 0 radical (unpaired) electrons. The van der Waals surface area contributed by atoms with Crippen molar-refractivity contribution in [2.24, 2.45) is 4.99 Å². The second-order valence-corrected chi connectivity index (χ2v) is 6.30. The van der Waals surface area contributed by atoms with Gasteiger partial charge in [0, 0.05) is 33.8 Å². The van der Waals surface area contributed by atoms with E-state index >= 15 is 0 Å². The zero-order valence-corrected chi connectivity index (χ0v) is 18.1. The quantitative estimate of drug-likeness (QED) is 0.391. The summed E-state index contributed by atoms with van der Waals surface area (Å²) in [6.07, 6.45) is 0.0565. The Balaban J connectivity index is 0.00000243. The second-order valence-electron chi connectivity index (χ2n) is 5.90. The van der Waals surface area contributed by atoms with Crippen LogP contribution in [-0.4, -0.2) is 70.6 Å². The molecule has 2 aliphatic rings. The summed E-state index contributed by atoms with van der Waals surface area (Å²) in [6, 6.07) is 3.84. The fraction of sp³-hybridized carbons (Fsp3) is 0.588. The van der Waals surface area contributed by atoms with E-state index in [1.54, 1.807) is 14.2 Å². The van der Waals surface area contributed by atoms with E-state index in [9.17, 15) is 0 Å². The van der Waals surface area contributed by atoms with Gasteiger partial charge < -0.3 is 29.2 Å². The van der Waals surface area contributed by atoms with Crippen molar-refractivity contribution < 1.29 is 18.9 Å². The molecule has 1 unspecified atom stereocenters. The average Bonchev–Trinajstić information content (AvgIpc) is 2.63. The Morgan fingerprint density at radius 2 is 2.15 bits per heavy atom. The summed E-state index contributed by atoms with van der Waals surface area (Å²) in [7, 11) is 3.46. The molecule has 0 aliphatic carbocycles. The minimum absolute atomic E-state index is 0. The number of nitrogens with one attached hydrogen (secondary N) is 1. The van der Waals surface area contributed by atoms with Gasteiger partial charge in [0.15, 0.2) is 17.5 Å². The van der Waals surface area contributed by atoms with E-state index in [1.165, 1.54) is 0 Å². The summed E-state index contributed by atoms with van der Waals surface area (Å²) in [6.45, 7) is 4.43. The highest BCUT2D eigenvalue weighted by molar-refractivity contribution is 14.0. The van der Waals surface area contributed by atoms with Gasteiger partial charge in [-0.3, -0.25) is 4.99 Å². The van der Waals surface area contributed by atoms with E-state index in [1.807, 2.05) is 12.1 Å². The van der Waals surface area contributed by atoms with Crippen molar-refractivity contribution in [3.05, 3.63) is 22.7 Å². The highest BCUT2D eigenvalue weighted by atomic mass is 127. The molecule has 2 aliphatic heterocycles. The number of morpholine rings is 1. The first-order chi connectivity index (χ1) is 12.2. The van der Waals surface area contributed by atoms with Crippen molar-refractivity contribution in [2.75, 3.05) is 53.7 Å². The number of aliphatic imine (C=N–C) groups is 1. The maximum atomic E-state index is 6.30. The van der Waals surface area contributed by atoms with Gasteiger partial charge >= 0.3 is 0 Å². The second kappa shape index (κ2) is 10.4. The lowest BCUT2D eigenvalue weighted by Crippen LogP contribution is -2.51. The SMILES string of the molecule is CN=C(NCc1cc(Cl)c2c(c1)OCCO2)N1CCOC(COC)C1.I. The topological polar surface area (TPSA) is 64.6 Å². The molecule has 0 saturated carbocycles. The lowest BCUT2D eigenvalue weighted by Gasteiger charge is -2.34. The van der Waals surface area contributed by atoms with E-state index in [-0.39, 0.29) is 30.1 Å². The molecule has 0 spiro atoms. The van der Waals surface area contributed by atoms with Crippen LogP contribution in [0.3, 0.4) is 0 Å². The fourth-order valence-electron chi connectivity index (χ4n) is 2.98. The molecular weight excluding hydrogens is 473 g/mol. The number of methoxy groups -OCH3 is 1. The van der Waals surface area contributed by atoms with Crippen LogP contribution in [0.1, 0.15) is 5.56 Å². The van der Waals surface area contributed by atoms with Crippen LogP contribution in [0, 0.1) is 0 Å². The molecule has 1 saturated heterocycles. The van der Waals surface area contributed by atoms with Gasteiger partial charge in [-0.15, -0.1) is 24.0 Å². The Labute approximate surface area is 176 Å². The minimum atomic E-state index is 0. The highest BCUT2D eigenvalue weighted by Crippen LogP contribution is 2.38. The Hall–Kier alpha value is -0.970. The van der Waals surface area contributed by atoms with Crippen LogP contribution in [0.4, 0.5) is 0 Å². The lowest BCUT2D eigenvalue weighted by molar-refractivity contribution is -0.0447. The molecule has 1 aromatic rings. The molecule has 7 nitrogen and oxygen atoms in total. The van der Waals surface area contributed by atoms with Crippen molar-refractivity contribution >= 4 is 41.5 Å². The van der Waals surface area contributed by atoms with Gasteiger partial charge in [0.05, 0.1) is 24.3 Å². The van der Waals surface area contributed by atoms with E-state index in [4.69, 9.17) is 30.5 Å². The summed E-state index contributed by atoms with van der Waals surface area (Å²) < 4.78 is 22.1. The average molecular weight is 498 g/mol. The summed E-state index contributed by atoms with van der Waals surface area (Å²) >= 11 is 6.30. The monoisotopic (exact) mass is 497 g/mol. The molecular formula is C17H25ClIN3O4. The predicted molar refractivity (Wildman–Crippen MR) is 111 cm³/mol. The van der Waals surface area contributed by atoms with Gasteiger partial charge in [-0.2, -0.15) is 0 Å². The van der Waals surface area contributed by atoms with Gasteiger partial charge in [0.2, 0.25) is 0 Å². The molecule has 1 fully saturated rings. The van der Waals surface area contributed by atoms with Crippen LogP contribution in [0.2, 0.25) is 5.02 Å². The van der Waals surface area contributed by atoms with Gasteiger partial charge in [-0.05, 0) is 17.7 Å². The molecule has 0 aromatic heterocycles. The lowest BCUT2D eigenvalue weighted by atomic mass is 10.2. The normalized spacial score (nSPS) is 19.7. The van der Waals surface area contributed by atoms with Crippen molar-refractivity contribution in [2.45, 2.75) is 12.6 Å². The largest absolute Gasteiger partial charge is 0.486 e. The third-order valence-corrected chi connectivity index (χ3v) is 4.39. The summed E-state index contributed by atoms with van der Waals surface area (Å²) in [5, 5.41) is 3.94. The third kappa shape index (κ3) is 5.28. The van der Waals surface area contributed by atoms with E-state index < -0.39 is 0 Å². The van der Waals surface area contributed by atoms with Crippen LogP contribution in [0.15, 0.2) is 17.1 Å². The third-order valence-electron chi connectivity index (χ3n) is 4.11. The molecule has 1 aromatic carbocycles. The number of halogens is 2. The van der Waals surface area contributed by atoms with Crippen LogP contribution < -0.4 is 14.8 Å². The van der Waals surface area contributed by atoms with Gasteiger partial charge in [0.1, 0.15) is 13.2 Å². The molecule has 3 rings (SSSR count). The van der Waals surface area contributed by atoms with Gasteiger partial charge in [0.25, 0.3) is 0 Å². The highest BCUT2D eigenvalue weighted by Gasteiger charge is 2.23. The molecule has 146 valence electrons. The molecule has 2 heterocycles. The van der Waals surface area contributed by atoms with Gasteiger partial charge in [-0.1, -0.05) is 11.6 Å². The van der Waals surface area contributed by atoms with E-state index in [2.05, 4.69) is 15.2 Å². The summed E-state index contributed by atoms with van der Waals surface area (Å²) in [4.78, 5) is 6.55. The van der Waals surface area contributed by atoms with Crippen molar-refractivity contribution in [1.82, 2.24) is 10.2 Å². The predicted octanol–water partition coefficient (Wildman–Crippen LogP) is 2.15. The standard InChI is InChI=1S/C17H24ClN3O4.HI/c1-19-17(21-3-4-23-13(10-21)11-22-2)20-9-12-7-14(18)16-15(8-12)24-5-6-25-16;/h7-8,13H,3-6,9-11H2,1-2H3,(H,19,20);1H. The molecule has 0 bridgehead atoms. The molecule has 0 amide bonds. The van der Waals surface area contributed by atoms with Crippen molar-refractivity contribution in [3.8, 4) is 11.5 Å². The maximum Gasteiger partial charge on any atom is 0.194 e. The maximum absolute atomic E-state index is 6.30. The number of benzene rings is 1. The molecule has 9 heteroatoms. The van der Waals surface area contributed by atoms with Gasteiger partial charge in [-0.25, -0.2) is 0 Å². The number of nitrogens with zero attached hydrogens (tertiary/aromatic N) is 2. The van der Waals surface area contributed by atoms with Crippen LogP contribution in [0.5, 0.6) is 11.5 Å². The van der Waals surface area contributed by atoms with Crippen molar-refractivity contribution in [1.29, 1.82) is 0 Å². The molecule has 1 N–H and O–H groups in total. The van der Waals surface area contributed by atoms with Crippen LogP contribution >= 0.6 is 35.6 Å². The summed E-state index contributed by atoms with van der Waals surface area (Å²) in [5.74, 6) is 2.14. The number of fused-ring (bicyclic) bond motifs is 1. The number of hydrogen-bond acceptors (Lipinski definition) is 5. The zero-order chi connectivity index (χ0) is 17.6.